The lowest BCUT2D eigenvalue weighted by molar-refractivity contribution is 0.0246. The molecule has 0 aromatic heterocycles. The molecular weight excluding hydrogens is 300 g/mol. The van der Waals surface area contributed by atoms with Crippen molar-refractivity contribution in [2.24, 2.45) is 0 Å². The number of carbonyl (C=O) groups excluding carboxylic acids is 1. The van der Waals surface area contributed by atoms with Crippen molar-refractivity contribution in [2.75, 3.05) is 20.3 Å². The molecule has 1 fully saturated rings. The van der Waals surface area contributed by atoms with Crippen LogP contribution in [0.25, 0.3) is 0 Å². The molecule has 0 atom stereocenters. The molecule has 1 aliphatic rings. The summed E-state index contributed by atoms with van der Waals surface area (Å²) < 4.78 is 16.8. The molecule has 1 aromatic rings. The molecule has 0 amide bonds. The lowest BCUT2D eigenvalue weighted by atomic mass is 10.1. The fourth-order valence-corrected chi connectivity index (χ4v) is 2.19. The van der Waals surface area contributed by atoms with Gasteiger partial charge in [0, 0.05) is 17.3 Å². The average Bonchev–Trinajstić information content (AvgIpc) is 2.39. The van der Waals surface area contributed by atoms with Gasteiger partial charge in [-0.25, -0.2) is 4.79 Å². The van der Waals surface area contributed by atoms with Crippen LogP contribution >= 0.6 is 15.9 Å². The molecule has 0 saturated carbocycles. The number of esters is 1. The van der Waals surface area contributed by atoms with Gasteiger partial charge < -0.3 is 14.2 Å². The molecule has 1 heterocycles. The summed E-state index contributed by atoms with van der Waals surface area (Å²) in [6.45, 7) is 1.40. The van der Waals surface area contributed by atoms with Crippen LogP contribution in [0.1, 0.15) is 23.2 Å². The monoisotopic (exact) mass is 314 g/mol. The number of carbonyl (C=O) groups is 1. The maximum Gasteiger partial charge on any atom is 0.341 e. The number of benzene rings is 1. The Labute approximate surface area is 114 Å². The zero-order chi connectivity index (χ0) is 13.0. The van der Waals surface area contributed by atoms with E-state index < -0.39 is 0 Å². The summed E-state index contributed by atoms with van der Waals surface area (Å²) in [7, 11) is 1.36. The van der Waals surface area contributed by atoms with Crippen molar-refractivity contribution in [1.82, 2.24) is 0 Å². The molecule has 1 saturated heterocycles. The molecule has 98 valence electrons. The molecule has 18 heavy (non-hydrogen) atoms. The zero-order valence-corrected chi connectivity index (χ0v) is 11.7. The lowest BCUT2D eigenvalue weighted by Gasteiger charge is -2.24. The minimum atomic E-state index is -0.385. The number of halogens is 1. The van der Waals surface area contributed by atoms with Crippen LogP contribution in [0, 0.1) is 0 Å². The van der Waals surface area contributed by atoms with Gasteiger partial charge in [-0.1, -0.05) is 15.9 Å². The second-order valence-corrected chi connectivity index (χ2v) is 4.98. The van der Waals surface area contributed by atoms with Crippen molar-refractivity contribution in [3.8, 4) is 5.75 Å². The Morgan fingerprint density at radius 2 is 2.11 bits per heavy atom. The maximum atomic E-state index is 11.6. The molecule has 0 bridgehead atoms. The highest BCUT2D eigenvalue weighted by Gasteiger charge is 2.19. The first-order chi connectivity index (χ1) is 8.70. The molecule has 5 heteroatoms. The Bertz CT molecular complexity index is 427. The normalized spacial score (nSPS) is 16.3. The van der Waals surface area contributed by atoms with E-state index in [2.05, 4.69) is 15.9 Å². The van der Waals surface area contributed by atoms with Crippen molar-refractivity contribution in [2.45, 2.75) is 18.9 Å². The van der Waals surface area contributed by atoms with Gasteiger partial charge >= 0.3 is 5.97 Å². The third-order valence-electron chi connectivity index (χ3n) is 2.81. The van der Waals surface area contributed by atoms with Gasteiger partial charge in [0.2, 0.25) is 0 Å². The van der Waals surface area contributed by atoms with Gasteiger partial charge in [-0.2, -0.15) is 0 Å². The molecule has 0 radical (unpaired) electrons. The average molecular weight is 315 g/mol. The Morgan fingerprint density at radius 1 is 1.39 bits per heavy atom. The quantitative estimate of drug-likeness (QED) is 0.805. The van der Waals surface area contributed by atoms with Crippen LogP contribution in [0.2, 0.25) is 0 Å². The molecule has 0 unspecified atom stereocenters. The van der Waals surface area contributed by atoms with Crippen LogP contribution in [0.3, 0.4) is 0 Å². The van der Waals surface area contributed by atoms with Crippen LogP contribution in [0.4, 0.5) is 0 Å². The summed E-state index contributed by atoms with van der Waals surface area (Å²) in [6, 6.07) is 5.29. The van der Waals surface area contributed by atoms with Gasteiger partial charge in [0.1, 0.15) is 17.4 Å². The van der Waals surface area contributed by atoms with Gasteiger partial charge in [-0.05, 0) is 18.2 Å². The Hall–Kier alpha value is -1.07. The molecule has 2 rings (SSSR count). The summed E-state index contributed by atoms with van der Waals surface area (Å²) in [5.41, 5.74) is 0.451. The third kappa shape index (κ3) is 3.23. The molecule has 0 aliphatic carbocycles. The summed E-state index contributed by atoms with van der Waals surface area (Å²) >= 11 is 3.38. The van der Waals surface area contributed by atoms with Crippen molar-refractivity contribution >= 4 is 21.9 Å². The first kappa shape index (κ1) is 13.4. The van der Waals surface area contributed by atoms with Crippen molar-refractivity contribution in [3.05, 3.63) is 28.2 Å². The van der Waals surface area contributed by atoms with Gasteiger partial charge in [0.05, 0.1) is 20.3 Å². The van der Waals surface area contributed by atoms with Gasteiger partial charge in [0.25, 0.3) is 0 Å². The highest BCUT2D eigenvalue weighted by atomic mass is 79.9. The first-order valence-corrected chi connectivity index (χ1v) is 6.62. The lowest BCUT2D eigenvalue weighted by Crippen LogP contribution is -2.26. The second-order valence-electron chi connectivity index (χ2n) is 4.06. The fraction of sp³-hybridized carbons (Fsp3) is 0.462. The van der Waals surface area contributed by atoms with E-state index in [9.17, 15) is 4.79 Å². The van der Waals surface area contributed by atoms with E-state index in [0.717, 1.165) is 17.3 Å². The van der Waals surface area contributed by atoms with E-state index in [-0.39, 0.29) is 12.1 Å². The summed E-state index contributed by atoms with van der Waals surface area (Å²) in [5, 5.41) is 0. The standard InChI is InChI=1S/C13H15BrO4/c1-16-13(15)11-3-2-9(14)8-12(11)18-10-4-6-17-7-5-10/h2-3,8,10H,4-7H2,1H3. The number of hydrogen-bond donors (Lipinski definition) is 0. The summed E-state index contributed by atoms with van der Waals surface area (Å²) in [4.78, 5) is 11.6. The number of ether oxygens (including phenoxy) is 3. The molecule has 4 nitrogen and oxygen atoms in total. The summed E-state index contributed by atoms with van der Waals surface area (Å²) in [5.74, 6) is 0.174. The molecule has 1 aromatic carbocycles. The van der Waals surface area contributed by atoms with Crippen molar-refractivity contribution in [1.29, 1.82) is 0 Å². The highest BCUT2D eigenvalue weighted by molar-refractivity contribution is 9.10. The minimum Gasteiger partial charge on any atom is -0.489 e. The van der Waals surface area contributed by atoms with Crippen LogP contribution in [-0.4, -0.2) is 32.4 Å². The van der Waals surface area contributed by atoms with E-state index in [1.54, 1.807) is 18.2 Å². The van der Waals surface area contributed by atoms with Crippen LogP contribution in [-0.2, 0) is 9.47 Å². The van der Waals surface area contributed by atoms with Crippen molar-refractivity contribution in [3.63, 3.8) is 0 Å². The SMILES string of the molecule is COC(=O)c1ccc(Br)cc1OC1CCOCC1. The Balaban J connectivity index is 2.18. The van der Waals surface area contributed by atoms with E-state index >= 15 is 0 Å². The van der Waals surface area contributed by atoms with Gasteiger partial charge in [-0.3, -0.25) is 0 Å². The van der Waals surface area contributed by atoms with E-state index in [1.807, 2.05) is 0 Å². The highest BCUT2D eigenvalue weighted by Crippen LogP contribution is 2.27. The van der Waals surface area contributed by atoms with Gasteiger partial charge in [-0.15, -0.1) is 0 Å². The van der Waals surface area contributed by atoms with E-state index in [1.165, 1.54) is 7.11 Å². The van der Waals surface area contributed by atoms with Crippen LogP contribution in [0.5, 0.6) is 5.75 Å². The third-order valence-corrected chi connectivity index (χ3v) is 3.30. The molecule has 0 N–H and O–H groups in total. The molecular formula is C13H15BrO4. The topological polar surface area (TPSA) is 44.8 Å². The van der Waals surface area contributed by atoms with E-state index in [0.29, 0.717) is 24.5 Å². The van der Waals surface area contributed by atoms with Crippen molar-refractivity contribution < 1.29 is 19.0 Å². The summed E-state index contributed by atoms with van der Waals surface area (Å²) in [6.07, 6.45) is 1.77. The van der Waals surface area contributed by atoms with E-state index in [4.69, 9.17) is 14.2 Å². The number of methoxy groups -OCH3 is 1. The van der Waals surface area contributed by atoms with Crippen LogP contribution in [0.15, 0.2) is 22.7 Å². The second kappa shape index (κ2) is 6.20. The first-order valence-electron chi connectivity index (χ1n) is 5.83. The Kier molecular flexibility index (Phi) is 4.60. The fourth-order valence-electron chi connectivity index (χ4n) is 1.85. The van der Waals surface area contributed by atoms with Crippen LogP contribution < -0.4 is 4.74 Å². The number of hydrogen-bond acceptors (Lipinski definition) is 4. The maximum absolute atomic E-state index is 11.6. The smallest absolute Gasteiger partial charge is 0.341 e. The molecule has 0 spiro atoms. The predicted octanol–water partition coefficient (Wildman–Crippen LogP) is 2.79. The predicted molar refractivity (Wildman–Crippen MR) is 70.0 cm³/mol. The Morgan fingerprint density at radius 3 is 2.78 bits per heavy atom. The minimum absolute atomic E-state index is 0.0939. The molecule has 1 aliphatic heterocycles. The zero-order valence-electron chi connectivity index (χ0n) is 10.1. The largest absolute Gasteiger partial charge is 0.489 e. The number of rotatable bonds is 3. The van der Waals surface area contributed by atoms with Gasteiger partial charge in [0.15, 0.2) is 0 Å².